The van der Waals surface area contributed by atoms with Crippen molar-refractivity contribution in [3.05, 3.63) is 35.9 Å². The Kier molecular flexibility index (Phi) is 5.41. The first-order valence-corrected chi connectivity index (χ1v) is 5.82. The molecule has 92 valence electrons. The van der Waals surface area contributed by atoms with Gasteiger partial charge in [0.25, 0.3) is 0 Å². The topological polar surface area (TPSA) is 67.9 Å². The van der Waals surface area contributed by atoms with E-state index in [1.54, 1.807) is 0 Å². The molecule has 0 aliphatic carbocycles. The monoisotopic (exact) mass is 241 g/mol. The lowest BCUT2D eigenvalue weighted by Crippen LogP contribution is -2.35. The lowest BCUT2D eigenvalue weighted by Gasteiger charge is -2.22. The van der Waals surface area contributed by atoms with Gasteiger partial charge in [-0.2, -0.15) is 10.5 Å². The van der Waals surface area contributed by atoms with Crippen LogP contribution in [-0.4, -0.2) is 23.9 Å². The summed E-state index contributed by atoms with van der Waals surface area (Å²) in [5.41, 5.74) is 0.922. The van der Waals surface area contributed by atoms with Crippen LogP contribution in [0.3, 0.4) is 0 Å². The molecule has 1 atom stereocenters. The van der Waals surface area contributed by atoms with E-state index in [4.69, 9.17) is 10.5 Å². The van der Waals surface area contributed by atoms with Crippen molar-refractivity contribution in [1.29, 1.82) is 10.5 Å². The Bertz CT molecular complexity index is 454. The smallest absolute Gasteiger partial charge is 0.231 e. The summed E-state index contributed by atoms with van der Waals surface area (Å²) >= 11 is 0. The zero-order chi connectivity index (χ0) is 13.4. The Morgan fingerprint density at radius 3 is 2.22 bits per heavy atom. The molecule has 0 aliphatic heterocycles. The van der Waals surface area contributed by atoms with Gasteiger partial charge in [0, 0.05) is 0 Å². The van der Waals surface area contributed by atoms with Gasteiger partial charge in [-0.15, -0.1) is 0 Å². The number of carbonyl (C=O) groups excluding carboxylic acids is 1. The van der Waals surface area contributed by atoms with E-state index in [-0.39, 0.29) is 24.9 Å². The molecule has 1 aromatic carbocycles. The second-order valence-corrected chi connectivity index (χ2v) is 3.88. The van der Waals surface area contributed by atoms with Crippen LogP contribution in [0.4, 0.5) is 0 Å². The number of amides is 1. The fourth-order valence-electron chi connectivity index (χ4n) is 1.84. The average Bonchev–Trinajstić information content (AvgIpc) is 2.40. The van der Waals surface area contributed by atoms with Crippen LogP contribution >= 0.6 is 0 Å². The standard InChI is InChI=1S/C14H15N3O/c1-2-13(12-6-4-3-5-7-12)14(18)17(10-8-15)11-9-16/h3-7,13H,2,10-11H2,1H3. The van der Waals surface area contributed by atoms with E-state index in [0.717, 1.165) is 5.56 Å². The van der Waals surface area contributed by atoms with Gasteiger partial charge in [-0.25, -0.2) is 0 Å². The van der Waals surface area contributed by atoms with E-state index < -0.39 is 0 Å². The van der Waals surface area contributed by atoms with Crippen LogP contribution in [0.25, 0.3) is 0 Å². The van der Waals surface area contributed by atoms with Gasteiger partial charge in [0.2, 0.25) is 5.91 Å². The molecule has 0 saturated heterocycles. The quantitative estimate of drug-likeness (QED) is 0.741. The maximum absolute atomic E-state index is 12.3. The molecule has 1 unspecified atom stereocenters. The minimum atomic E-state index is -0.284. The van der Waals surface area contributed by atoms with E-state index in [9.17, 15) is 4.79 Å². The molecule has 0 aromatic heterocycles. The molecule has 0 saturated carbocycles. The van der Waals surface area contributed by atoms with Crippen LogP contribution in [0, 0.1) is 22.7 Å². The summed E-state index contributed by atoms with van der Waals surface area (Å²) in [5, 5.41) is 17.4. The highest BCUT2D eigenvalue weighted by Crippen LogP contribution is 2.21. The number of rotatable bonds is 5. The molecular formula is C14H15N3O. The fourth-order valence-corrected chi connectivity index (χ4v) is 1.84. The highest BCUT2D eigenvalue weighted by molar-refractivity contribution is 5.84. The van der Waals surface area contributed by atoms with Crippen molar-refractivity contribution in [3.8, 4) is 12.1 Å². The van der Waals surface area contributed by atoms with Gasteiger partial charge in [-0.3, -0.25) is 4.79 Å². The van der Waals surface area contributed by atoms with Crippen LogP contribution in [0.15, 0.2) is 30.3 Å². The van der Waals surface area contributed by atoms with Gasteiger partial charge in [0.05, 0.1) is 18.1 Å². The molecule has 0 N–H and O–H groups in total. The summed E-state index contributed by atoms with van der Waals surface area (Å²) in [6, 6.07) is 13.3. The Morgan fingerprint density at radius 2 is 1.78 bits per heavy atom. The largest absolute Gasteiger partial charge is 0.316 e. The number of nitrogens with zero attached hydrogens (tertiary/aromatic N) is 3. The molecule has 0 bridgehead atoms. The summed E-state index contributed by atoms with van der Waals surface area (Å²) < 4.78 is 0. The average molecular weight is 241 g/mol. The van der Waals surface area contributed by atoms with E-state index in [1.807, 2.05) is 49.4 Å². The van der Waals surface area contributed by atoms with E-state index in [0.29, 0.717) is 6.42 Å². The highest BCUT2D eigenvalue weighted by atomic mass is 16.2. The second kappa shape index (κ2) is 7.09. The summed E-state index contributed by atoms with van der Waals surface area (Å²) in [6.45, 7) is 1.83. The first-order chi connectivity index (χ1) is 8.74. The minimum absolute atomic E-state index is 0.0459. The Balaban J connectivity index is 2.92. The zero-order valence-electron chi connectivity index (χ0n) is 10.3. The summed E-state index contributed by atoms with van der Waals surface area (Å²) in [4.78, 5) is 13.6. The first-order valence-electron chi connectivity index (χ1n) is 5.82. The van der Waals surface area contributed by atoms with Crippen LogP contribution in [0.1, 0.15) is 24.8 Å². The van der Waals surface area contributed by atoms with Crippen molar-refractivity contribution in [1.82, 2.24) is 4.90 Å². The SMILES string of the molecule is CCC(C(=O)N(CC#N)CC#N)c1ccccc1. The molecule has 4 nitrogen and oxygen atoms in total. The summed E-state index contributed by atoms with van der Waals surface area (Å²) in [7, 11) is 0. The molecule has 1 rings (SSSR count). The molecule has 0 radical (unpaired) electrons. The summed E-state index contributed by atoms with van der Waals surface area (Å²) in [5.74, 6) is -0.445. The zero-order valence-corrected chi connectivity index (χ0v) is 10.3. The molecular weight excluding hydrogens is 226 g/mol. The second-order valence-electron chi connectivity index (χ2n) is 3.88. The molecule has 18 heavy (non-hydrogen) atoms. The normalized spacial score (nSPS) is 11.1. The van der Waals surface area contributed by atoms with Gasteiger partial charge < -0.3 is 4.90 Å². The van der Waals surface area contributed by atoms with Crippen LogP contribution in [0.5, 0.6) is 0 Å². The number of benzene rings is 1. The van der Waals surface area contributed by atoms with Gasteiger partial charge in [-0.05, 0) is 12.0 Å². The van der Waals surface area contributed by atoms with Crippen LogP contribution in [0.2, 0.25) is 0 Å². The van der Waals surface area contributed by atoms with Gasteiger partial charge in [-0.1, -0.05) is 37.3 Å². The van der Waals surface area contributed by atoms with Crippen molar-refractivity contribution in [2.75, 3.05) is 13.1 Å². The fraction of sp³-hybridized carbons (Fsp3) is 0.357. The first kappa shape index (κ1) is 13.7. The van der Waals surface area contributed by atoms with Crippen molar-refractivity contribution >= 4 is 5.91 Å². The molecule has 0 fully saturated rings. The van der Waals surface area contributed by atoms with Crippen molar-refractivity contribution in [2.45, 2.75) is 19.3 Å². The number of nitriles is 2. The lowest BCUT2D eigenvalue weighted by molar-refractivity contribution is -0.131. The van der Waals surface area contributed by atoms with Crippen LogP contribution in [-0.2, 0) is 4.79 Å². The Hall–Kier alpha value is -2.33. The lowest BCUT2D eigenvalue weighted by atomic mass is 9.95. The summed E-state index contributed by atoms with van der Waals surface area (Å²) in [6.07, 6.45) is 0.649. The number of carbonyl (C=O) groups is 1. The van der Waals surface area contributed by atoms with E-state index in [2.05, 4.69) is 0 Å². The van der Waals surface area contributed by atoms with Crippen LogP contribution < -0.4 is 0 Å². The van der Waals surface area contributed by atoms with Gasteiger partial charge in [0.15, 0.2) is 0 Å². The van der Waals surface area contributed by atoms with Crippen molar-refractivity contribution in [3.63, 3.8) is 0 Å². The van der Waals surface area contributed by atoms with Gasteiger partial charge in [0.1, 0.15) is 13.1 Å². The molecule has 0 aliphatic rings. The minimum Gasteiger partial charge on any atom is -0.316 e. The Labute approximate surface area is 107 Å². The molecule has 0 spiro atoms. The third kappa shape index (κ3) is 3.33. The van der Waals surface area contributed by atoms with Crippen molar-refractivity contribution in [2.24, 2.45) is 0 Å². The maximum Gasteiger partial charge on any atom is 0.231 e. The predicted octanol–water partition coefficient (Wildman–Crippen LogP) is 2.06. The molecule has 1 aromatic rings. The third-order valence-electron chi connectivity index (χ3n) is 2.74. The van der Waals surface area contributed by atoms with E-state index >= 15 is 0 Å². The molecule has 4 heteroatoms. The number of hydrogen-bond acceptors (Lipinski definition) is 3. The third-order valence-corrected chi connectivity index (χ3v) is 2.74. The highest BCUT2D eigenvalue weighted by Gasteiger charge is 2.23. The van der Waals surface area contributed by atoms with E-state index in [1.165, 1.54) is 4.90 Å². The molecule has 1 amide bonds. The maximum atomic E-state index is 12.3. The Morgan fingerprint density at radius 1 is 1.22 bits per heavy atom. The molecule has 0 heterocycles. The van der Waals surface area contributed by atoms with Gasteiger partial charge >= 0.3 is 0 Å². The number of hydrogen-bond donors (Lipinski definition) is 0. The van der Waals surface area contributed by atoms with Crippen molar-refractivity contribution < 1.29 is 4.79 Å². The predicted molar refractivity (Wildman–Crippen MR) is 67.3 cm³/mol.